The third-order valence-corrected chi connectivity index (χ3v) is 3.49. The van der Waals surface area contributed by atoms with Gasteiger partial charge in [0.25, 0.3) is 0 Å². The quantitative estimate of drug-likeness (QED) is 0.327. The van der Waals surface area contributed by atoms with E-state index in [0.717, 1.165) is 0 Å². The number of hydrogen-bond acceptors (Lipinski definition) is 1. The lowest BCUT2D eigenvalue weighted by Gasteiger charge is -1.80. The Kier molecular flexibility index (Phi) is 0.871. The summed E-state index contributed by atoms with van der Waals surface area (Å²) in [6.45, 7) is 2.25. The first-order valence-corrected chi connectivity index (χ1v) is 3.60. The van der Waals surface area contributed by atoms with Crippen LogP contribution in [-0.4, -0.2) is 8.51 Å². The molecule has 0 N–H and O–H groups in total. The van der Waals surface area contributed by atoms with Gasteiger partial charge in [-0.1, -0.05) is 22.6 Å². The predicted octanol–water partition coefficient (Wildman–Crippen LogP) is 1.88. The standard InChI is InChI=1S/C3H5IS/c1-3(4)2-5-3/h2H2,1H3. The lowest BCUT2D eigenvalue weighted by Crippen LogP contribution is -1.80. The molecule has 1 atom stereocenters. The molecule has 1 aliphatic rings. The number of hydrogen-bond donors (Lipinski definition) is 0. The van der Waals surface area contributed by atoms with Gasteiger partial charge in [0, 0.05) is 5.75 Å². The molecule has 30 valence electrons. The third kappa shape index (κ3) is 1.30. The van der Waals surface area contributed by atoms with Crippen LogP contribution >= 0.6 is 34.4 Å². The van der Waals surface area contributed by atoms with Gasteiger partial charge in [-0.05, 0) is 6.92 Å². The molecule has 1 aliphatic heterocycles. The Bertz CT molecular complexity index is 44.9. The molecule has 0 radical (unpaired) electrons. The maximum atomic E-state index is 2.45. The van der Waals surface area contributed by atoms with Crippen LogP contribution < -0.4 is 0 Å². The molecule has 1 rings (SSSR count). The molecule has 0 aliphatic carbocycles. The topological polar surface area (TPSA) is 0 Å². The fourth-order valence-corrected chi connectivity index (χ4v) is 0.765. The number of alkyl halides is 1. The van der Waals surface area contributed by atoms with Crippen LogP contribution in [0.4, 0.5) is 0 Å². The largest absolute Gasteiger partial charge is 0.142 e. The van der Waals surface area contributed by atoms with Crippen LogP contribution in [-0.2, 0) is 0 Å². The van der Waals surface area contributed by atoms with Crippen LogP contribution in [0, 0.1) is 0 Å². The molecular weight excluding hydrogens is 195 g/mol. The van der Waals surface area contributed by atoms with Crippen molar-refractivity contribution in [2.45, 2.75) is 9.68 Å². The minimum Gasteiger partial charge on any atom is -0.142 e. The van der Waals surface area contributed by atoms with Gasteiger partial charge in [-0.2, -0.15) is 0 Å². The summed E-state index contributed by atoms with van der Waals surface area (Å²) >= 11 is 4.46. The van der Waals surface area contributed by atoms with Crippen molar-refractivity contribution < 1.29 is 0 Å². The van der Waals surface area contributed by atoms with Gasteiger partial charge in [-0.25, -0.2) is 0 Å². The van der Waals surface area contributed by atoms with E-state index in [1.54, 1.807) is 0 Å². The van der Waals surface area contributed by atoms with Crippen molar-refractivity contribution >= 4 is 34.4 Å². The number of rotatable bonds is 0. The Hall–Kier alpha value is 1.08. The molecule has 0 spiro atoms. The second-order valence-electron chi connectivity index (χ2n) is 1.39. The summed E-state index contributed by atoms with van der Waals surface area (Å²) in [5, 5.41) is 0. The highest BCUT2D eigenvalue weighted by atomic mass is 127. The zero-order valence-electron chi connectivity index (χ0n) is 2.99. The van der Waals surface area contributed by atoms with Crippen molar-refractivity contribution in [3.8, 4) is 0 Å². The summed E-state index contributed by atoms with van der Waals surface area (Å²) in [5.41, 5.74) is 0. The molecule has 0 nitrogen and oxygen atoms in total. The summed E-state index contributed by atoms with van der Waals surface area (Å²) in [6.07, 6.45) is 0. The van der Waals surface area contributed by atoms with Crippen molar-refractivity contribution in [1.29, 1.82) is 0 Å². The van der Waals surface area contributed by atoms with Crippen molar-refractivity contribution in [3.05, 3.63) is 0 Å². The molecule has 0 aromatic heterocycles. The Balaban J connectivity index is 2.38. The molecule has 0 aromatic carbocycles. The highest BCUT2D eigenvalue weighted by molar-refractivity contribution is 14.1. The minimum atomic E-state index is 0.637. The van der Waals surface area contributed by atoms with Gasteiger partial charge in [0.1, 0.15) is 0 Å². The molecule has 5 heavy (non-hydrogen) atoms. The number of halogens is 1. The Labute approximate surface area is 49.8 Å². The van der Waals surface area contributed by atoms with Crippen LogP contribution in [0.1, 0.15) is 6.92 Å². The molecule has 0 amide bonds. The van der Waals surface area contributed by atoms with Gasteiger partial charge >= 0.3 is 0 Å². The monoisotopic (exact) mass is 200 g/mol. The van der Waals surface area contributed by atoms with Crippen LogP contribution in [0.5, 0.6) is 0 Å². The van der Waals surface area contributed by atoms with Crippen molar-refractivity contribution in [1.82, 2.24) is 0 Å². The maximum absolute atomic E-state index is 2.45. The summed E-state index contributed by atoms with van der Waals surface area (Å²) in [7, 11) is 0. The molecule has 0 aromatic rings. The summed E-state index contributed by atoms with van der Waals surface area (Å²) in [6, 6.07) is 0. The first-order chi connectivity index (χ1) is 2.21. The summed E-state index contributed by atoms with van der Waals surface area (Å²) in [4.78, 5) is 0. The number of thioether (sulfide) groups is 1. The van der Waals surface area contributed by atoms with Crippen molar-refractivity contribution in [2.24, 2.45) is 0 Å². The molecule has 1 saturated heterocycles. The summed E-state index contributed by atoms with van der Waals surface area (Å²) < 4.78 is 0.637. The van der Waals surface area contributed by atoms with E-state index in [2.05, 4.69) is 29.5 Å². The third-order valence-electron chi connectivity index (χ3n) is 0.542. The Morgan fingerprint density at radius 1 is 2.00 bits per heavy atom. The predicted molar refractivity (Wildman–Crippen MR) is 34.9 cm³/mol. The lowest BCUT2D eigenvalue weighted by molar-refractivity contribution is 1.21. The normalized spacial score (nSPS) is 49.2. The van der Waals surface area contributed by atoms with Gasteiger partial charge in [0.15, 0.2) is 0 Å². The van der Waals surface area contributed by atoms with Crippen LogP contribution in [0.3, 0.4) is 0 Å². The van der Waals surface area contributed by atoms with Gasteiger partial charge in [-0.3, -0.25) is 0 Å². The van der Waals surface area contributed by atoms with Crippen LogP contribution in [0.15, 0.2) is 0 Å². The zero-order valence-corrected chi connectivity index (χ0v) is 5.97. The molecule has 1 unspecified atom stereocenters. The van der Waals surface area contributed by atoms with E-state index in [1.165, 1.54) is 5.75 Å². The molecule has 2 heteroatoms. The SMILES string of the molecule is CC1(I)CS1. The first-order valence-electron chi connectivity index (χ1n) is 1.54. The van der Waals surface area contributed by atoms with E-state index in [-0.39, 0.29) is 0 Å². The summed E-state index contributed by atoms with van der Waals surface area (Å²) in [5.74, 6) is 1.35. The highest BCUT2D eigenvalue weighted by Gasteiger charge is 2.34. The molecule has 1 fully saturated rings. The van der Waals surface area contributed by atoms with Gasteiger partial charge in [0.05, 0.1) is 2.75 Å². The Morgan fingerprint density at radius 2 is 2.20 bits per heavy atom. The van der Waals surface area contributed by atoms with Gasteiger partial charge in [-0.15, -0.1) is 11.8 Å². The minimum absolute atomic E-state index is 0.637. The molecular formula is C3H5IS. The second-order valence-corrected chi connectivity index (χ2v) is 5.98. The van der Waals surface area contributed by atoms with Crippen LogP contribution in [0.2, 0.25) is 0 Å². The first kappa shape index (κ1) is 4.24. The van der Waals surface area contributed by atoms with Crippen LogP contribution in [0.25, 0.3) is 0 Å². The molecule has 0 bridgehead atoms. The van der Waals surface area contributed by atoms with E-state index in [1.807, 2.05) is 11.8 Å². The smallest absolute Gasteiger partial charge is 0.0736 e. The lowest BCUT2D eigenvalue weighted by atomic mass is 10.6. The van der Waals surface area contributed by atoms with E-state index < -0.39 is 0 Å². The van der Waals surface area contributed by atoms with E-state index in [9.17, 15) is 0 Å². The fourth-order valence-electron chi connectivity index (χ4n) is 0.0994. The average Bonchev–Trinajstić information content (AvgIpc) is 1.76. The average molecular weight is 200 g/mol. The second kappa shape index (κ2) is 1.03. The van der Waals surface area contributed by atoms with Crippen molar-refractivity contribution in [3.63, 3.8) is 0 Å². The van der Waals surface area contributed by atoms with E-state index in [4.69, 9.17) is 0 Å². The van der Waals surface area contributed by atoms with Crippen molar-refractivity contribution in [2.75, 3.05) is 5.75 Å². The zero-order chi connectivity index (χ0) is 3.91. The van der Waals surface area contributed by atoms with Gasteiger partial charge < -0.3 is 0 Å². The molecule has 1 heterocycles. The van der Waals surface area contributed by atoms with Gasteiger partial charge in [0.2, 0.25) is 0 Å². The Morgan fingerprint density at radius 3 is 2.20 bits per heavy atom. The van der Waals surface area contributed by atoms with E-state index in [0.29, 0.717) is 2.75 Å². The molecule has 0 saturated carbocycles. The highest BCUT2D eigenvalue weighted by Crippen LogP contribution is 2.49. The maximum Gasteiger partial charge on any atom is 0.0736 e. The van der Waals surface area contributed by atoms with E-state index >= 15 is 0 Å². The fraction of sp³-hybridized carbons (Fsp3) is 1.00.